The van der Waals surface area contributed by atoms with Crippen LogP contribution >= 0.6 is 0 Å². The molecule has 0 atom stereocenters. The highest BCUT2D eigenvalue weighted by Crippen LogP contribution is 2.49. The number of amides is 1. The van der Waals surface area contributed by atoms with Crippen LogP contribution in [0.1, 0.15) is 41.6 Å². The lowest BCUT2D eigenvalue weighted by Gasteiger charge is -2.34. The van der Waals surface area contributed by atoms with Crippen LogP contribution in [0.5, 0.6) is 0 Å². The van der Waals surface area contributed by atoms with Crippen LogP contribution in [0.2, 0.25) is 0 Å². The quantitative estimate of drug-likeness (QED) is 0.797. The minimum atomic E-state index is -0.294. The summed E-state index contributed by atoms with van der Waals surface area (Å²) in [7, 11) is 0. The molecule has 0 aromatic heterocycles. The number of Topliss-reactive ketones (excluding diaryl/α,β-unsaturated/α-hetero) is 1. The highest BCUT2D eigenvalue weighted by molar-refractivity contribution is 5.98. The van der Waals surface area contributed by atoms with Crippen molar-refractivity contribution < 1.29 is 9.59 Å². The van der Waals surface area contributed by atoms with Gasteiger partial charge in [-0.2, -0.15) is 0 Å². The van der Waals surface area contributed by atoms with Crippen LogP contribution in [0.15, 0.2) is 60.7 Å². The van der Waals surface area contributed by atoms with Crippen LogP contribution in [0.25, 0.3) is 0 Å². The molecule has 0 N–H and O–H groups in total. The Hall–Kier alpha value is -2.42. The van der Waals surface area contributed by atoms with Crippen molar-refractivity contribution >= 4 is 11.7 Å². The lowest BCUT2D eigenvalue weighted by molar-refractivity contribution is -0.135. The Morgan fingerprint density at radius 3 is 1.96 bits per heavy atom. The fraction of sp³-hybridized carbons (Fsp3) is 0.364. The third kappa shape index (κ3) is 2.99. The molecule has 1 saturated heterocycles. The van der Waals surface area contributed by atoms with E-state index in [0.29, 0.717) is 13.1 Å². The fourth-order valence-corrected chi connectivity index (χ4v) is 3.99. The summed E-state index contributed by atoms with van der Waals surface area (Å²) in [5.41, 5.74) is 1.63. The van der Waals surface area contributed by atoms with E-state index in [1.54, 1.807) is 0 Å². The van der Waals surface area contributed by atoms with E-state index >= 15 is 0 Å². The van der Waals surface area contributed by atoms with Gasteiger partial charge in [0.25, 0.3) is 0 Å². The van der Waals surface area contributed by atoms with E-state index in [4.69, 9.17) is 0 Å². The Kier molecular flexibility index (Phi) is 4.16. The molecular formula is C22H23NO2. The predicted molar refractivity (Wildman–Crippen MR) is 97.4 cm³/mol. The van der Waals surface area contributed by atoms with Gasteiger partial charge in [0.05, 0.1) is 5.41 Å². The minimum Gasteiger partial charge on any atom is -0.342 e. The number of piperidine rings is 1. The van der Waals surface area contributed by atoms with Crippen molar-refractivity contribution in [3.63, 3.8) is 0 Å². The maximum atomic E-state index is 13.1. The molecule has 128 valence electrons. The number of carbonyl (C=O) groups is 2. The Morgan fingerprint density at radius 2 is 1.40 bits per heavy atom. The van der Waals surface area contributed by atoms with Gasteiger partial charge in [0.2, 0.25) is 5.91 Å². The van der Waals surface area contributed by atoms with Crippen molar-refractivity contribution in [2.45, 2.75) is 31.1 Å². The molecule has 2 fully saturated rings. The number of ketones is 1. The van der Waals surface area contributed by atoms with Crippen LogP contribution in [0.3, 0.4) is 0 Å². The monoisotopic (exact) mass is 333 g/mol. The lowest BCUT2D eigenvalue weighted by atomic mass is 9.87. The minimum absolute atomic E-state index is 0.0401. The normalized spacial score (nSPS) is 19.4. The third-order valence-corrected chi connectivity index (χ3v) is 5.70. The smallest absolute Gasteiger partial charge is 0.233 e. The molecule has 1 heterocycles. The largest absolute Gasteiger partial charge is 0.342 e. The first-order chi connectivity index (χ1) is 12.2. The van der Waals surface area contributed by atoms with Gasteiger partial charge in [-0.1, -0.05) is 60.7 Å². The molecule has 1 aliphatic carbocycles. The van der Waals surface area contributed by atoms with Gasteiger partial charge in [-0.25, -0.2) is 0 Å². The van der Waals surface area contributed by atoms with Crippen molar-refractivity contribution in [1.82, 2.24) is 4.90 Å². The summed E-state index contributed by atoms with van der Waals surface area (Å²) < 4.78 is 0. The third-order valence-electron chi connectivity index (χ3n) is 5.70. The summed E-state index contributed by atoms with van der Waals surface area (Å²) >= 11 is 0. The summed E-state index contributed by atoms with van der Waals surface area (Å²) in [6.45, 7) is 1.38. The summed E-state index contributed by atoms with van der Waals surface area (Å²) in [4.78, 5) is 27.7. The number of benzene rings is 2. The average Bonchev–Trinajstić information content (AvgIpc) is 3.50. The van der Waals surface area contributed by atoms with Crippen molar-refractivity contribution in [3.8, 4) is 0 Å². The lowest BCUT2D eigenvalue weighted by Crippen LogP contribution is -2.45. The molecule has 0 spiro atoms. The molecule has 0 radical (unpaired) electrons. The Balaban J connectivity index is 1.41. The molecule has 1 saturated carbocycles. The Morgan fingerprint density at radius 1 is 0.840 bits per heavy atom. The van der Waals surface area contributed by atoms with E-state index in [1.807, 2.05) is 53.4 Å². The second kappa shape index (κ2) is 6.47. The van der Waals surface area contributed by atoms with Gasteiger partial charge in [-0.3, -0.25) is 9.59 Å². The summed E-state index contributed by atoms with van der Waals surface area (Å²) in [6, 6.07) is 19.6. The van der Waals surface area contributed by atoms with Gasteiger partial charge in [0, 0.05) is 24.6 Å². The Bertz CT molecular complexity index is 757. The number of likely N-dealkylation sites (tertiary alicyclic amines) is 1. The SMILES string of the molecule is O=C(c1ccccc1)C1CCN(C(=O)C2(c3ccccc3)CC2)CC1. The zero-order chi connectivity index (χ0) is 17.3. The zero-order valence-corrected chi connectivity index (χ0v) is 14.4. The molecule has 4 rings (SSSR count). The molecule has 2 aromatic rings. The topological polar surface area (TPSA) is 37.4 Å². The molecule has 1 amide bonds. The number of hydrogen-bond donors (Lipinski definition) is 0. The van der Waals surface area contributed by atoms with Crippen LogP contribution in [0, 0.1) is 5.92 Å². The van der Waals surface area contributed by atoms with Crippen molar-refractivity contribution in [1.29, 1.82) is 0 Å². The van der Waals surface area contributed by atoms with Gasteiger partial charge in [0.15, 0.2) is 5.78 Å². The van der Waals surface area contributed by atoms with E-state index in [0.717, 1.165) is 36.8 Å². The first-order valence-corrected chi connectivity index (χ1v) is 9.15. The fourth-order valence-electron chi connectivity index (χ4n) is 3.99. The maximum Gasteiger partial charge on any atom is 0.233 e. The first-order valence-electron chi connectivity index (χ1n) is 9.15. The second-order valence-corrected chi connectivity index (χ2v) is 7.24. The van der Waals surface area contributed by atoms with Gasteiger partial charge in [0.1, 0.15) is 0 Å². The van der Waals surface area contributed by atoms with Crippen molar-refractivity contribution in [2.75, 3.05) is 13.1 Å². The summed E-state index contributed by atoms with van der Waals surface area (Å²) in [5.74, 6) is 0.513. The van der Waals surface area contributed by atoms with Crippen molar-refractivity contribution in [2.24, 2.45) is 5.92 Å². The standard InChI is InChI=1S/C22H23NO2/c24-20(17-7-3-1-4-8-17)18-11-15-23(16-12-18)21(25)22(13-14-22)19-9-5-2-6-10-19/h1-10,18H,11-16H2. The molecule has 0 unspecified atom stereocenters. The van der Waals surface area contributed by atoms with Gasteiger partial charge in [-0.15, -0.1) is 0 Å². The zero-order valence-electron chi connectivity index (χ0n) is 14.4. The molecule has 3 heteroatoms. The summed E-state index contributed by atoms with van der Waals surface area (Å²) in [5, 5.41) is 0. The average molecular weight is 333 g/mol. The Labute approximate surface area is 148 Å². The number of hydrogen-bond acceptors (Lipinski definition) is 2. The highest BCUT2D eigenvalue weighted by atomic mass is 16.2. The maximum absolute atomic E-state index is 13.1. The van der Waals surface area contributed by atoms with Crippen LogP contribution in [-0.4, -0.2) is 29.7 Å². The highest BCUT2D eigenvalue weighted by Gasteiger charge is 2.53. The molecule has 1 aliphatic heterocycles. The molecular weight excluding hydrogens is 310 g/mol. The number of nitrogens with zero attached hydrogens (tertiary/aromatic N) is 1. The van der Waals surface area contributed by atoms with E-state index in [9.17, 15) is 9.59 Å². The molecule has 2 aromatic carbocycles. The molecule has 2 aliphatic rings. The molecule has 3 nitrogen and oxygen atoms in total. The molecule has 0 bridgehead atoms. The van der Waals surface area contributed by atoms with Crippen LogP contribution < -0.4 is 0 Å². The van der Waals surface area contributed by atoms with Crippen LogP contribution in [-0.2, 0) is 10.2 Å². The predicted octanol–water partition coefficient (Wildman–Crippen LogP) is 3.84. The van der Waals surface area contributed by atoms with E-state index in [-0.39, 0.29) is 23.0 Å². The van der Waals surface area contributed by atoms with E-state index in [2.05, 4.69) is 12.1 Å². The van der Waals surface area contributed by atoms with Crippen LogP contribution in [0.4, 0.5) is 0 Å². The second-order valence-electron chi connectivity index (χ2n) is 7.24. The van der Waals surface area contributed by atoms with E-state index in [1.165, 1.54) is 0 Å². The number of carbonyl (C=O) groups excluding carboxylic acids is 2. The first kappa shape index (κ1) is 16.1. The van der Waals surface area contributed by atoms with Gasteiger partial charge in [-0.05, 0) is 31.2 Å². The van der Waals surface area contributed by atoms with Crippen molar-refractivity contribution in [3.05, 3.63) is 71.8 Å². The van der Waals surface area contributed by atoms with Gasteiger partial charge >= 0.3 is 0 Å². The summed E-state index contributed by atoms with van der Waals surface area (Å²) in [6.07, 6.45) is 3.42. The van der Waals surface area contributed by atoms with E-state index < -0.39 is 0 Å². The van der Waals surface area contributed by atoms with Gasteiger partial charge < -0.3 is 4.90 Å². The number of rotatable bonds is 4. The molecule has 25 heavy (non-hydrogen) atoms.